The van der Waals surface area contributed by atoms with Gasteiger partial charge in [-0.05, 0) is 0 Å². The smallest absolute Gasteiger partial charge is 0.238 e. The van der Waals surface area contributed by atoms with Crippen molar-refractivity contribution in [1.82, 2.24) is 0 Å². The van der Waals surface area contributed by atoms with Crippen molar-refractivity contribution < 1.29 is 14.5 Å². The lowest BCUT2D eigenvalue weighted by Crippen LogP contribution is -2.25. The van der Waals surface area contributed by atoms with E-state index in [1.807, 2.05) is 0 Å². The van der Waals surface area contributed by atoms with Crippen LogP contribution >= 0.6 is 0 Å². The molecule has 5 heteroatoms. The Morgan fingerprint density at radius 2 is 1.65 bits per heavy atom. The lowest BCUT2D eigenvalue weighted by Gasteiger charge is -2.00. The monoisotopic (exact) mass is 231 g/mol. The minimum absolute atomic E-state index is 0.328. The first-order valence-corrected chi connectivity index (χ1v) is 5.35. The van der Waals surface area contributed by atoms with Crippen LogP contribution in [0.4, 0.5) is 0 Å². The number of carbonyl (C=O) groups is 2. The predicted octanol–water partition coefficient (Wildman–Crippen LogP) is 1.35. The summed E-state index contributed by atoms with van der Waals surface area (Å²) in [7, 11) is 0. The van der Waals surface area contributed by atoms with Crippen LogP contribution in [0, 0.1) is 21.4 Å². The van der Waals surface area contributed by atoms with Crippen molar-refractivity contribution in [1.29, 1.82) is 0 Å². The summed E-state index contributed by atoms with van der Waals surface area (Å²) in [5.74, 6) is -1.27. The standard InChI is InChI=1S/C12H9NO4/c1-6-9(13(16)17)12(6)10(14)7-4-2-3-5-8(7)11(12)15/h2-6,9H,1H3/t6-,9+/m0/s1. The fraction of sp³-hybridized carbons (Fsp3) is 0.333. The second-order valence-electron chi connectivity index (χ2n) is 4.59. The molecule has 17 heavy (non-hydrogen) atoms. The van der Waals surface area contributed by atoms with Gasteiger partial charge >= 0.3 is 0 Å². The van der Waals surface area contributed by atoms with Crippen molar-refractivity contribution in [2.75, 3.05) is 0 Å². The summed E-state index contributed by atoms with van der Waals surface area (Å²) in [4.78, 5) is 34.8. The molecule has 0 aromatic heterocycles. The highest BCUT2D eigenvalue weighted by atomic mass is 16.6. The zero-order valence-electron chi connectivity index (χ0n) is 9.04. The van der Waals surface area contributed by atoms with Gasteiger partial charge in [0.2, 0.25) is 6.04 Å². The van der Waals surface area contributed by atoms with E-state index in [2.05, 4.69) is 0 Å². The molecule has 1 aromatic carbocycles. The van der Waals surface area contributed by atoms with E-state index in [1.165, 1.54) is 0 Å². The van der Waals surface area contributed by atoms with Gasteiger partial charge in [0.1, 0.15) is 0 Å². The Kier molecular flexibility index (Phi) is 1.67. The molecule has 0 unspecified atom stereocenters. The van der Waals surface area contributed by atoms with E-state index in [-0.39, 0.29) is 11.6 Å². The molecule has 3 rings (SSSR count). The van der Waals surface area contributed by atoms with Crippen LogP contribution in [0.2, 0.25) is 0 Å². The summed E-state index contributed by atoms with van der Waals surface area (Å²) >= 11 is 0. The largest absolute Gasteiger partial charge is 0.293 e. The summed E-state index contributed by atoms with van der Waals surface area (Å²) < 4.78 is 0. The molecule has 0 bridgehead atoms. The van der Waals surface area contributed by atoms with Crippen molar-refractivity contribution in [3.63, 3.8) is 0 Å². The molecule has 0 radical (unpaired) electrons. The molecular weight excluding hydrogens is 222 g/mol. The highest BCUT2D eigenvalue weighted by Crippen LogP contribution is 2.61. The minimum atomic E-state index is -1.41. The van der Waals surface area contributed by atoms with Crippen LogP contribution < -0.4 is 0 Å². The lowest BCUT2D eigenvalue weighted by molar-refractivity contribution is -0.501. The van der Waals surface area contributed by atoms with Crippen LogP contribution in [0.1, 0.15) is 27.6 Å². The number of carbonyl (C=O) groups excluding carboxylic acids is 2. The molecule has 0 heterocycles. The highest BCUT2D eigenvalue weighted by molar-refractivity contribution is 6.32. The molecule has 1 fully saturated rings. The molecule has 2 aliphatic carbocycles. The number of hydrogen-bond acceptors (Lipinski definition) is 4. The molecule has 2 atom stereocenters. The third-order valence-corrected chi connectivity index (χ3v) is 3.94. The maximum absolute atomic E-state index is 12.2. The van der Waals surface area contributed by atoms with Crippen molar-refractivity contribution in [3.8, 4) is 0 Å². The molecule has 0 amide bonds. The van der Waals surface area contributed by atoms with E-state index in [0.717, 1.165) is 0 Å². The molecule has 0 aliphatic heterocycles. The van der Waals surface area contributed by atoms with Gasteiger partial charge in [-0.3, -0.25) is 19.7 Å². The molecule has 1 spiro atoms. The summed E-state index contributed by atoms with van der Waals surface area (Å²) in [6, 6.07) is 5.39. The van der Waals surface area contributed by atoms with E-state index >= 15 is 0 Å². The molecule has 0 saturated heterocycles. The van der Waals surface area contributed by atoms with Gasteiger partial charge in [-0.1, -0.05) is 31.2 Å². The summed E-state index contributed by atoms with van der Waals surface area (Å²) in [5.41, 5.74) is -0.755. The van der Waals surface area contributed by atoms with Crippen LogP contribution in [-0.4, -0.2) is 22.5 Å². The maximum atomic E-state index is 12.2. The number of nitro groups is 1. The van der Waals surface area contributed by atoms with Crippen molar-refractivity contribution >= 4 is 11.6 Å². The van der Waals surface area contributed by atoms with Crippen LogP contribution in [-0.2, 0) is 0 Å². The Morgan fingerprint density at radius 3 is 2.00 bits per heavy atom. The quantitative estimate of drug-likeness (QED) is 0.415. The first-order chi connectivity index (χ1) is 8.02. The minimum Gasteiger partial charge on any atom is -0.293 e. The van der Waals surface area contributed by atoms with E-state index < -0.39 is 22.3 Å². The second-order valence-corrected chi connectivity index (χ2v) is 4.59. The first kappa shape index (κ1) is 10.1. The van der Waals surface area contributed by atoms with Gasteiger partial charge < -0.3 is 0 Å². The number of benzene rings is 1. The fourth-order valence-electron chi connectivity index (χ4n) is 3.00. The van der Waals surface area contributed by atoms with Gasteiger partial charge in [-0.15, -0.1) is 0 Å². The van der Waals surface area contributed by atoms with E-state index in [4.69, 9.17) is 0 Å². The van der Waals surface area contributed by atoms with E-state index in [9.17, 15) is 19.7 Å². The van der Waals surface area contributed by atoms with Gasteiger partial charge in [0, 0.05) is 16.1 Å². The van der Waals surface area contributed by atoms with Gasteiger partial charge in [0.15, 0.2) is 17.0 Å². The van der Waals surface area contributed by atoms with Crippen LogP contribution in [0.25, 0.3) is 0 Å². The topological polar surface area (TPSA) is 77.3 Å². The average molecular weight is 231 g/mol. The van der Waals surface area contributed by atoms with Crippen molar-refractivity contribution in [2.24, 2.45) is 11.3 Å². The van der Waals surface area contributed by atoms with Gasteiger partial charge in [0.25, 0.3) is 0 Å². The Hall–Kier alpha value is -2.04. The molecule has 0 N–H and O–H groups in total. The zero-order chi connectivity index (χ0) is 12.4. The molecule has 1 saturated carbocycles. The summed E-state index contributed by atoms with van der Waals surface area (Å²) in [6.45, 7) is 1.59. The molecule has 5 nitrogen and oxygen atoms in total. The van der Waals surface area contributed by atoms with Crippen molar-refractivity contribution in [3.05, 3.63) is 45.5 Å². The highest BCUT2D eigenvalue weighted by Gasteiger charge is 2.82. The SMILES string of the molecule is C[C@H]1[C@@H]([N+](=O)[O-])C12C(=O)c1ccccc1C2=O. The zero-order valence-corrected chi connectivity index (χ0v) is 9.04. The summed E-state index contributed by atoms with van der Waals surface area (Å²) in [6.07, 6.45) is 0. The van der Waals surface area contributed by atoms with E-state index in [0.29, 0.717) is 11.1 Å². The van der Waals surface area contributed by atoms with Crippen LogP contribution in [0.15, 0.2) is 24.3 Å². The van der Waals surface area contributed by atoms with Gasteiger partial charge in [-0.2, -0.15) is 0 Å². The fourth-order valence-corrected chi connectivity index (χ4v) is 3.00. The van der Waals surface area contributed by atoms with Crippen LogP contribution in [0.5, 0.6) is 0 Å². The number of Topliss-reactive ketones (excluding diaryl/α,β-unsaturated/α-hetero) is 2. The maximum Gasteiger partial charge on any atom is 0.238 e. The Balaban J connectivity index is 2.18. The molecule has 1 aromatic rings. The van der Waals surface area contributed by atoms with Gasteiger partial charge in [0.05, 0.1) is 5.92 Å². The predicted molar refractivity (Wildman–Crippen MR) is 57.5 cm³/mol. The van der Waals surface area contributed by atoms with Crippen molar-refractivity contribution in [2.45, 2.75) is 13.0 Å². The van der Waals surface area contributed by atoms with E-state index in [1.54, 1.807) is 31.2 Å². The lowest BCUT2D eigenvalue weighted by atomic mass is 9.97. The third kappa shape index (κ3) is 0.906. The number of hydrogen-bond donors (Lipinski definition) is 0. The normalized spacial score (nSPS) is 28.3. The Labute approximate surface area is 96.6 Å². The number of ketones is 2. The average Bonchev–Trinajstić information content (AvgIpc) is 2.88. The number of fused-ring (bicyclic) bond motifs is 1. The summed E-state index contributed by atoms with van der Waals surface area (Å²) in [5, 5.41) is 10.9. The van der Waals surface area contributed by atoms with Gasteiger partial charge in [-0.25, -0.2) is 0 Å². The molecule has 2 aliphatic rings. The molecule has 86 valence electrons. The Bertz CT molecular complexity index is 543. The number of nitrogens with zero attached hydrogens (tertiary/aromatic N) is 1. The Morgan fingerprint density at radius 1 is 1.18 bits per heavy atom. The third-order valence-electron chi connectivity index (χ3n) is 3.94. The first-order valence-electron chi connectivity index (χ1n) is 5.35. The second kappa shape index (κ2) is 2.80. The number of rotatable bonds is 1. The van der Waals surface area contributed by atoms with Crippen LogP contribution in [0.3, 0.4) is 0 Å². The molecular formula is C12H9NO4.